The second-order valence-corrected chi connectivity index (χ2v) is 5.20. The minimum absolute atomic E-state index is 0.0162. The molecule has 7 heteroatoms. The number of amides is 1. The van der Waals surface area contributed by atoms with Gasteiger partial charge < -0.3 is 9.62 Å². The van der Waals surface area contributed by atoms with Crippen LogP contribution in [0.3, 0.4) is 0 Å². The van der Waals surface area contributed by atoms with E-state index in [2.05, 4.69) is 10.5 Å². The predicted octanol–water partition coefficient (Wildman–Crippen LogP) is 1.84. The van der Waals surface area contributed by atoms with Gasteiger partial charge in [0, 0.05) is 6.92 Å². The number of carbonyl (C=O) groups excluding carboxylic acids is 1. The first-order valence-electron chi connectivity index (χ1n) is 7.35. The van der Waals surface area contributed by atoms with Crippen LogP contribution in [0.25, 0.3) is 0 Å². The van der Waals surface area contributed by atoms with Crippen LogP contribution in [0.4, 0.5) is 0 Å². The maximum absolute atomic E-state index is 12.2. The summed E-state index contributed by atoms with van der Waals surface area (Å²) in [5, 5.41) is 15.8. The molecule has 0 aliphatic rings. The Morgan fingerprint density at radius 2 is 2.12 bits per heavy atom. The molecule has 24 heavy (non-hydrogen) atoms. The standard InChI is InChI=1S/C17H16N4O3/c1-13-16(17(22)19-18-10-15-8-5-9-24-15)21(23)12-20(13)11-14-6-3-2-4-7-14/h2-10,12H,11H2,1H3,(H,19,22)/b18-10-. The summed E-state index contributed by atoms with van der Waals surface area (Å²) in [6.07, 6.45) is 4.22. The van der Waals surface area contributed by atoms with Gasteiger partial charge in [0.05, 0.1) is 12.5 Å². The summed E-state index contributed by atoms with van der Waals surface area (Å²) in [6, 6.07) is 13.1. The van der Waals surface area contributed by atoms with Crippen molar-refractivity contribution in [3.63, 3.8) is 0 Å². The van der Waals surface area contributed by atoms with Crippen molar-refractivity contribution in [1.29, 1.82) is 0 Å². The van der Waals surface area contributed by atoms with E-state index < -0.39 is 5.91 Å². The van der Waals surface area contributed by atoms with Crippen molar-refractivity contribution in [3.8, 4) is 0 Å². The minimum atomic E-state index is -0.572. The number of carbonyl (C=O) groups is 1. The van der Waals surface area contributed by atoms with Gasteiger partial charge in [-0.1, -0.05) is 30.3 Å². The molecule has 0 aliphatic heterocycles. The van der Waals surface area contributed by atoms with Crippen LogP contribution in [0.15, 0.2) is 64.6 Å². The number of hydrazone groups is 1. The van der Waals surface area contributed by atoms with Gasteiger partial charge in [-0.2, -0.15) is 5.10 Å². The quantitative estimate of drug-likeness (QED) is 0.336. The highest BCUT2D eigenvalue weighted by molar-refractivity contribution is 5.92. The number of imidazole rings is 1. The number of aromatic nitrogens is 2. The van der Waals surface area contributed by atoms with Gasteiger partial charge in [-0.05, 0) is 17.7 Å². The predicted molar refractivity (Wildman–Crippen MR) is 87.4 cm³/mol. The summed E-state index contributed by atoms with van der Waals surface area (Å²) in [5.41, 5.74) is 3.96. The third-order valence-electron chi connectivity index (χ3n) is 3.55. The molecule has 1 aromatic carbocycles. The fourth-order valence-electron chi connectivity index (χ4n) is 2.34. The van der Waals surface area contributed by atoms with Crippen molar-refractivity contribution in [2.24, 2.45) is 5.10 Å². The number of benzene rings is 1. The molecule has 1 amide bonds. The average Bonchev–Trinajstić information content (AvgIpc) is 3.17. The molecule has 0 aliphatic carbocycles. The van der Waals surface area contributed by atoms with Gasteiger partial charge in [0.1, 0.15) is 12.3 Å². The maximum atomic E-state index is 12.2. The normalized spacial score (nSPS) is 11.0. The fraction of sp³-hybridized carbons (Fsp3) is 0.118. The lowest BCUT2D eigenvalue weighted by atomic mass is 10.2. The van der Waals surface area contributed by atoms with Gasteiger partial charge in [0.2, 0.25) is 12.0 Å². The van der Waals surface area contributed by atoms with Crippen molar-refractivity contribution < 1.29 is 13.9 Å². The lowest BCUT2D eigenvalue weighted by Gasteiger charge is -2.01. The molecule has 1 N–H and O–H groups in total. The first-order chi connectivity index (χ1) is 11.6. The van der Waals surface area contributed by atoms with E-state index in [0.29, 0.717) is 22.7 Å². The molecule has 2 heterocycles. The smallest absolute Gasteiger partial charge is 0.315 e. The molecule has 0 bridgehead atoms. The number of nitrogens with one attached hydrogen (secondary N) is 1. The van der Waals surface area contributed by atoms with Gasteiger partial charge >= 0.3 is 5.91 Å². The number of hydrogen-bond donors (Lipinski definition) is 1. The van der Waals surface area contributed by atoms with E-state index >= 15 is 0 Å². The molecule has 7 nitrogen and oxygen atoms in total. The zero-order chi connectivity index (χ0) is 16.9. The molecule has 3 rings (SSSR count). The molecule has 122 valence electrons. The van der Waals surface area contributed by atoms with E-state index in [9.17, 15) is 10.0 Å². The van der Waals surface area contributed by atoms with Crippen LogP contribution in [0, 0.1) is 12.1 Å². The lowest BCUT2D eigenvalue weighted by molar-refractivity contribution is -0.607. The SMILES string of the molecule is Cc1c(C(=O)N/N=C\c2ccco2)[n+]([O-])cn1Cc1ccccc1. The van der Waals surface area contributed by atoms with Crippen molar-refractivity contribution in [1.82, 2.24) is 9.99 Å². The van der Waals surface area contributed by atoms with Crippen LogP contribution < -0.4 is 10.2 Å². The van der Waals surface area contributed by atoms with E-state index in [-0.39, 0.29) is 5.69 Å². The monoisotopic (exact) mass is 324 g/mol. The van der Waals surface area contributed by atoms with Crippen LogP contribution in [0.5, 0.6) is 0 Å². The topological polar surface area (TPSA) is 86.5 Å². The maximum Gasteiger partial charge on any atom is 0.315 e. The fourth-order valence-corrected chi connectivity index (χ4v) is 2.34. The van der Waals surface area contributed by atoms with E-state index in [4.69, 9.17) is 4.42 Å². The molecule has 0 saturated heterocycles. The van der Waals surface area contributed by atoms with Gasteiger partial charge in [-0.25, -0.2) is 14.7 Å². The van der Waals surface area contributed by atoms with Crippen LogP contribution >= 0.6 is 0 Å². The molecular weight excluding hydrogens is 308 g/mol. The summed E-state index contributed by atoms with van der Waals surface area (Å²) < 4.78 is 7.35. The third-order valence-corrected chi connectivity index (χ3v) is 3.55. The molecule has 0 fully saturated rings. The van der Waals surface area contributed by atoms with Crippen molar-refractivity contribution in [2.75, 3.05) is 0 Å². The average molecular weight is 324 g/mol. The van der Waals surface area contributed by atoms with Crippen molar-refractivity contribution in [3.05, 3.63) is 83.0 Å². The van der Waals surface area contributed by atoms with Crippen LogP contribution in [0.1, 0.15) is 27.5 Å². The lowest BCUT2D eigenvalue weighted by Crippen LogP contribution is -2.36. The molecule has 0 spiro atoms. The third kappa shape index (κ3) is 3.35. The Morgan fingerprint density at radius 1 is 1.33 bits per heavy atom. The summed E-state index contributed by atoms with van der Waals surface area (Å²) >= 11 is 0. The molecule has 0 radical (unpaired) electrons. The number of rotatable bonds is 5. The molecule has 2 aromatic heterocycles. The van der Waals surface area contributed by atoms with Gasteiger partial charge in [-0.15, -0.1) is 0 Å². The Bertz CT molecular complexity index is 852. The van der Waals surface area contributed by atoms with E-state index in [1.54, 1.807) is 23.6 Å². The zero-order valence-electron chi connectivity index (χ0n) is 13.0. The Labute approximate surface area is 138 Å². The van der Waals surface area contributed by atoms with Crippen LogP contribution in [-0.4, -0.2) is 16.7 Å². The number of furan rings is 1. The molecule has 0 atom stereocenters. The second kappa shape index (κ2) is 6.82. The summed E-state index contributed by atoms with van der Waals surface area (Å²) in [4.78, 5) is 12.2. The Kier molecular flexibility index (Phi) is 4.42. The Balaban J connectivity index is 1.74. The highest BCUT2D eigenvalue weighted by Gasteiger charge is 2.23. The van der Waals surface area contributed by atoms with Crippen LogP contribution in [-0.2, 0) is 6.54 Å². The van der Waals surface area contributed by atoms with Gasteiger partial charge in [0.25, 0.3) is 0 Å². The summed E-state index contributed by atoms with van der Waals surface area (Å²) in [5.74, 6) is -0.0687. The second-order valence-electron chi connectivity index (χ2n) is 5.20. The highest BCUT2D eigenvalue weighted by Crippen LogP contribution is 2.08. The van der Waals surface area contributed by atoms with Crippen LogP contribution in [0.2, 0.25) is 0 Å². The van der Waals surface area contributed by atoms with Gasteiger partial charge in [-0.3, -0.25) is 4.79 Å². The van der Waals surface area contributed by atoms with Crippen molar-refractivity contribution >= 4 is 12.1 Å². The van der Waals surface area contributed by atoms with Crippen molar-refractivity contribution in [2.45, 2.75) is 13.5 Å². The Hall–Kier alpha value is -3.35. The minimum Gasteiger partial charge on any atom is -0.710 e. The number of hydrogen-bond acceptors (Lipinski definition) is 4. The van der Waals surface area contributed by atoms with E-state index in [1.165, 1.54) is 18.8 Å². The molecule has 3 aromatic rings. The Morgan fingerprint density at radius 3 is 2.83 bits per heavy atom. The highest BCUT2D eigenvalue weighted by atomic mass is 16.5. The largest absolute Gasteiger partial charge is 0.710 e. The molecule has 0 saturated carbocycles. The number of nitrogens with zero attached hydrogens (tertiary/aromatic N) is 3. The van der Waals surface area contributed by atoms with E-state index in [0.717, 1.165) is 5.56 Å². The summed E-state index contributed by atoms with van der Waals surface area (Å²) in [7, 11) is 0. The summed E-state index contributed by atoms with van der Waals surface area (Å²) in [6.45, 7) is 2.24. The molecule has 0 unspecified atom stereocenters. The first-order valence-corrected chi connectivity index (χ1v) is 7.35. The zero-order valence-corrected chi connectivity index (χ0v) is 13.0. The van der Waals surface area contributed by atoms with Gasteiger partial charge in [0.15, 0.2) is 5.69 Å². The first kappa shape index (κ1) is 15.5. The van der Waals surface area contributed by atoms with E-state index in [1.807, 2.05) is 30.3 Å². The molecular formula is C17H16N4O3.